The summed E-state index contributed by atoms with van der Waals surface area (Å²) in [4.78, 5) is 0. The maximum absolute atomic E-state index is 4.19. The zero-order valence-corrected chi connectivity index (χ0v) is 7.40. The summed E-state index contributed by atoms with van der Waals surface area (Å²) >= 11 is 0. The summed E-state index contributed by atoms with van der Waals surface area (Å²) in [6, 6.07) is 0. The number of amidine groups is 1. The Morgan fingerprint density at radius 1 is 1.44 bits per heavy atom. The van der Waals surface area contributed by atoms with Crippen molar-refractivity contribution in [3.8, 4) is 0 Å². The quantitative estimate of drug-likeness (QED) is 0.437. The zero-order valence-electron chi connectivity index (χ0n) is 5.76. The van der Waals surface area contributed by atoms with Crippen molar-refractivity contribution >= 4 is 27.8 Å². The average Bonchev–Trinajstić information content (AvgIpc) is 2.08. The lowest BCUT2D eigenvalue weighted by molar-refractivity contribution is 0.583. The zero-order chi connectivity index (χ0) is 6.91. The molecule has 4 heteroatoms. The molecule has 0 spiro atoms. The van der Waals surface area contributed by atoms with Gasteiger partial charge in [0.05, 0.1) is 11.0 Å². The van der Waals surface area contributed by atoms with Gasteiger partial charge in [-0.15, -0.1) is 0 Å². The van der Waals surface area contributed by atoms with Gasteiger partial charge in [0.1, 0.15) is 5.84 Å². The lowest BCUT2D eigenvalue weighted by Crippen LogP contribution is -2.27. The Kier molecular flexibility index (Phi) is 1.96. The van der Waals surface area contributed by atoms with E-state index >= 15 is 0 Å². The first-order valence-electron chi connectivity index (χ1n) is 2.78. The van der Waals surface area contributed by atoms with Crippen molar-refractivity contribution in [2.45, 2.75) is 20.8 Å². The van der Waals surface area contributed by atoms with Crippen LogP contribution in [-0.2, 0) is 0 Å². The minimum Gasteiger partial charge on any atom is -0.306 e. The summed E-state index contributed by atoms with van der Waals surface area (Å²) in [5.41, 5.74) is 0.177. The van der Waals surface area contributed by atoms with Gasteiger partial charge in [-0.2, -0.15) is 4.40 Å². The molecule has 1 aliphatic heterocycles. The van der Waals surface area contributed by atoms with Crippen LogP contribution in [0.3, 0.4) is 0 Å². The van der Waals surface area contributed by atoms with Crippen molar-refractivity contribution in [2.75, 3.05) is 0 Å². The molecule has 52 valence electrons. The van der Waals surface area contributed by atoms with Gasteiger partial charge in [0, 0.05) is 16.4 Å². The maximum Gasteiger partial charge on any atom is 0.127 e. The van der Waals surface area contributed by atoms with Crippen LogP contribution in [0.25, 0.3) is 0 Å². The number of nitrogens with zero attached hydrogens (tertiary/aromatic N) is 1. The molecule has 0 fully saturated rings. The number of hydrogen-bond acceptors (Lipinski definition) is 4. The van der Waals surface area contributed by atoms with Crippen molar-refractivity contribution in [3.05, 3.63) is 0 Å². The Morgan fingerprint density at radius 2 is 2.11 bits per heavy atom. The van der Waals surface area contributed by atoms with E-state index in [4.69, 9.17) is 0 Å². The molecule has 1 heterocycles. The van der Waals surface area contributed by atoms with Crippen LogP contribution in [-0.4, -0.2) is 5.84 Å². The summed E-state index contributed by atoms with van der Waals surface area (Å²) in [6.07, 6.45) is 0. The summed E-state index contributed by atoms with van der Waals surface area (Å²) in [7, 11) is 3.07. The predicted molar refractivity (Wildman–Crippen MR) is 45.2 cm³/mol. The van der Waals surface area contributed by atoms with Gasteiger partial charge in [0.25, 0.3) is 0 Å². The fourth-order valence-electron chi connectivity index (χ4n) is 0.423. The number of nitrogens with one attached hydrogen (secondary N) is 1. The first kappa shape index (κ1) is 7.28. The molecule has 0 saturated heterocycles. The molecule has 0 unspecified atom stereocenters. The Balaban J connectivity index is 2.61. The third-order valence-corrected chi connectivity index (χ3v) is 2.32. The van der Waals surface area contributed by atoms with E-state index in [1.165, 1.54) is 11.0 Å². The molecule has 0 amide bonds. The normalized spacial score (nSPS) is 19.2. The molecule has 1 aliphatic rings. The molecule has 9 heavy (non-hydrogen) atoms. The van der Waals surface area contributed by atoms with Crippen LogP contribution in [0.2, 0.25) is 0 Å². The topological polar surface area (TPSA) is 24.4 Å². The van der Waals surface area contributed by atoms with Crippen molar-refractivity contribution in [2.24, 2.45) is 9.81 Å². The molecule has 1 rings (SSSR count). The lowest BCUT2D eigenvalue weighted by Gasteiger charge is -2.16. The standard InChI is InChI=1S/C5H10N2S2/c1-5(2,3)4-6-8-9-7-4/h1-3H3,(H,6,7). The van der Waals surface area contributed by atoms with Gasteiger partial charge in [-0.1, -0.05) is 20.8 Å². The van der Waals surface area contributed by atoms with Crippen molar-refractivity contribution < 1.29 is 0 Å². The molecule has 0 atom stereocenters. The highest BCUT2D eigenvalue weighted by molar-refractivity contribution is 8.76. The smallest absolute Gasteiger partial charge is 0.127 e. The Bertz CT molecular complexity index is 136. The van der Waals surface area contributed by atoms with Gasteiger partial charge in [-0.05, 0) is 0 Å². The number of hydrogen-bond donors (Lipinski definition) is 1. The van der Waals surface area contributed by atoms with Crippen LogP contribution < -0.4 is 4.72 Å². The van der Waals surface area contributed by atoms with E-state index in [2.05, 4.69) is 29.9 Å². The van der Waals surface area contributed by atoms with Crippen molar-refractivity contribution in [3.63, 3.8) is 0 Å². The molecular weight excluding hydrogens is 152 g/mol. The van der Waals surface area contributed by atoms with E-state index < -0.39 is 0 Å². The van der Waals surface area contributed by atoms with Crippen LogP contribution >= 0.6 is 22.0 Å². The third-order valence-electron chi connectivity index (χ3n) is 1.01. The summed E-state index contributed by atoms with van der Waals surface area (Å²) in [6.45, 7) is 6.43. The van der Waals surface area contributed by atoms with E-state index in [1.807, 2.05) is 0 Å². The summed E-state index contributed by atoms with van der Waals surface area (Å²) in [5.74, 6) is 1.08. The Morgan fingerprint density at radius 3 is 2.33 bits per heavy atom. The van der Waals surface area contributed by atoms with Gasteiger partial charge in [0.15, 0.2) is 0 Å². The van der Waals surface area contributed by atoms with Crippen LogP contribution in [0.15, 0.2) is 4.40 Å². The highest BCUT2D eigenvalue weighted by Gasteiger charge is 2.22. The molecule has 0 aromatic heterocycles. The fraction of sp³-hybridized carbons (Fsp3) is 0.800. The van der Waals surface area contributed by atoms with Crippen LogP contribution in [0.5, 0.6) is 0 Å². The molecule has 2 nitrogen and oxygen atoms in total. The molecule has 0 aromatic carbocycles. The second-order valence-electron chi connectivity index (χ2n) is 2.95. The largest absolute Gasteiger partial charge is 0.306 e. The first-order valence-corrected chi connectivity index (χ1v) is 4.88. The second-order valence-corrected chi connectivity index (χ2v) is 4.60. The van der Waals surface area contributed by atoms with Crippen molar-refractivity contribution in [1.82, 2.24) is 4.72 Å². The summed E-state index contributed by atoms with van der Waals surface area (Å²) < 4.78 is 7.32. The van der Waals surface area contributed by atoms with Crippen LogP contribution in [0, 0.1) is 5.41 Å². The summed E-state index contributed by atoms with van der Waals surface area (Å²) in [5, 5.41) is 0. The Labute approximate surface area is 63.6 Å². The van der Waals surface area contributed by atoms with E-state index in [1.54, 1.807) is 11.0 Å². The molecule has 1 N–H and O–H groups in total. The van der Waals surface area contributed by atoms with Crippen LogP contribution in [0.4, 0.5) is 0 Å². The van der Waals surface area contributed by atoms with E-state index in [9.17, 15) is 0 Å². The predicted octanol–water partition coefficient (Wildman–Crippen LogP) is 2.25. The monoisotopic (exact) mass is 162 g/mol. The molecule has 0 saturated carbocycles. The van der Waals surface area contributed by atoms with Crippen molar-refractivity contribution in [1.29, 1.82) is 0 Å². The van der Waals surface area contributed by atoms with Gasteiger partial charge in [-0.25, -0.2) is 0 Å². The number of rotatable bonds is 0. The average molecular weight is 162 g/mol. The first-order chi connectivity index (χ1) is 4.11. The van der Waals surface area contributed by atoms with E-state index in [0.717, 1.165) is 5.84 Å². The fourth-order valence-corrected chi connectivity index (χ4v) is 2.06. The molecular formula is C5H10N2S2. The Hall–Kier alpha value is 0.170. The molecule has 0 radical (unpaired) electrons. The maximum atomic E-state index is 4.19. The molecule has 0 aliphatic carbocycles. The van der Waals surface area contributed by atoms with E-state index in [0.29, 0.717) is 0 Å². The van der Waals surface area contributed by atoms with E-state index in [-0.39, 0.29) is 5.41 Å². The van der Waals surface area contributed by atoms with Crippen LogP contribution in [0.1, 0.15) is 20.8 Å². The van der Waals surface area contributed by atoms with Gasteiger partial charge < -0.3 is 4.72 Å². The highest BCUT2D eigenvalue weighted by Crippen LogP contribution is 2.30. The lowest BCUT2D eigenvalue weighted by atomic mass is 9.96. The third kappa shape index (κ3) is 1.79. The minimum atomic E-state index is 0.177. The minimum absolute atomic E-state index is 0.177. The molecule has 0 aromatic rings. The van der Waals surface area contributed by atoms with Gasteiger partial charge in [-0.3, -0.25) is 0 Å². The molecule has 0 bridgehead atoms. The highest BCUT2D eigenvalue weighted by atomic mass is 33.1. The SMILES string of the molecule is CC(C)(C)C1=NSSN1. The van der Waals surface area contributed by atoms with Gasteiger partial charge in [0.2, 0.25) is 0 Å². The second kappa shape index (κ2) is 2.42. The van der Waals surface area contributed by atoms with Gasteiger partial charge >= 0.3 is 0 Å².